The number of hydrogen-bond acceptors (Lipinski definition) is 2. The molecule has 4 nitrogen and oxygen atoms in total. The minimum atomic E-state index is -0.232. The maximum absolute atomic E-state index is 11.8. The van der Waals surface area contributed by atoms with Crippen LogP contribution in [-0.2, 0) is 0 Å². The third-order valence-electron chi connectivity index (χ3n) is 3.12. The van der Waals surface area contributed by atoms with Crippen molar-refractivity contribution in [3.63, 3.8) is 0 Å². The van der Waals surface area contributed by atoms with E-state index in [2.05, 4.69) is 26.6 Å². The quantitative estimate of drug-likeness (QED) is 0.674. The van der Waals surface area contributed by atoms with Crippen molar-refractivity contribution in [1.29, 1.82) is 0 Å². The Morgan fingerprint density at radius 2 is 2.04 bits per heavy atom. The molecule has 0 aliphatic heterocycles. The van der Waals surface area contributed by atoms with Gasteiger partial charge in [-0.1, -0.05) is 39.7 Å². The minimum Gasteiger partial charge on any atom is -0.492 e. The van der Waals surface area contributed by atoms with Gasteiger partial charge in [0.05, 0.1) is 11.6 Å². The van der Waals surface area contributed by atoms with Gasteiger partial charge >= 0.3 is 6.03 Å². The topological polar surface area (TPSA) is 50.4 Å². The summed E-state index contributed by atoms with van der Waals surface area (Å²) in [6, 6.07) is 12.7. The van der Waals surface area contributed by atoms with E-state index in [0.717, 1.165) is 15.7 Å². The van der Waals surface area contributed by atoms with Gasteiger partial charge in [-0.15, -0.1) is 0 Å². The Balaban J connectivity index is 1.67. The van der Waals surface area contributed by atoms with Gasteiger partial charge in [-0.25, -0.2) is 4.79 Å². The highest BCUT2D eigenvalue weighted by molar-refractivity contribution is 9.10. The smallest absolute Gasteiger partial charge is 0.319 e. The molecule has 0 saturated carbocycles. The van der Waals surface area contributed by atoms with Gasteiger partial charge in [-0.05, 0) is 49.2 Å². The van der Waals surface area contributed by atoms with Crippen LogP contribution in [0.1, 0.15) is 12.0 Å². The van der Waals surface area contributed by atoms with Crippen LogP contribution in [0, 0.1) is 6.92 Å². The molecule has 0 radical (unpaired) electrons. The molecule has 2 N–H and O–H groups in total. The molecule has 23 heavy (non-hydrogen) atoms. The van der Waals surface area contributed by atoms with Gasteiger partial charge in [0.2, 0.25) is 0 Å². The van der Waals surface area contributed by atoms with E-state index in [4.69, 9.17) is 16.3 Å². The lowest BCUT2D eigenvalue weighted by atomic mass is 10.2. The molecule has 2 aromatic rings. The lowest BCUT2D eigenvalue weighted by Crippen LogP contribution is -2.30. The Labute approximate surface area is 149 Å². The summed E-state index contributed by atoms with van der Waals surface area (Å²) in [5, 5.41) is 6.17. The summed E-state index contributed by atoms with van der Waals surface area (Å²) in [5.41, 5.74) is 1.83. The number of urea groups is 1. The van der Waals surface area contributed by atoms with E-state index < -0.39 is 0 Å². The van der Waals surface area contributed by atoms with E-state index >= 15 is 0 Å². The summed E-state index contributed by atoms with van der Waals surface area (Å²) in [4.78, 5) is 11.8. The summed E-state index contributed by atoms with van der Waals surface area (Å²) in [7, 11) is 0. The zero-order valence-corrected chi connectivity index (χ0v) is 15.1. The fraction of sp³-hybridized carbons (Fsp3) is 0.235. The normalized spacial score (nSPS) is 10.2. The number of benzene rings is 2. The lowest BCUT2D eigenvalue weighted by molar-refractivity contribution is 0.250. The van der Waals surface area contributed by atoms with Gasteiger partial charge in [-0.3, -0.25) is 0 Å². The van der Waals surface area contributed by atoms with Crippen LogP contribution in [0.5, 0.6) is 5.75 Å². The number of carbonyl (C=O) groups excluding carboxylic acids is 1. The third-order valence-corrected chi connectivity index (χ3v) is 4.32. The highest BCUT2D eigenvalue weighted by Gasteiger charge is 2.03. The molecule has 2 rings (SSSR count). The van der Waals surface area contributed by atoms with E-state index in [1.807, 2.05) is 43.3 Å². The van der Waals surface area contributed by atoms with Gasteiger partial charge in [0.25, 0.3) is 0 Å². The van der Waals surface area contributed by atoms with Gasteiger partial charge < -0.3 is 15.4 Å². The zero-order chi connectivity index (χ0) is 16.7. The predicted octanol–water partition coefficient (Wildman–Crippen LogP) is 5.00. The monoisotopic (exact) mass is 396 g/mol. The number of amides is 2. The second-order valence-corrected chi connectivity index (χ2v) is 6.24. The molecule has 6 heteroatoms. The minimum absolute atomic E-state index is 0.232. The van der Waals surface area contributed by atoms with Gasteiger partial charge in [0.15, 0.2) is 0 Å². The van der Waals surface area contributed by atoms with Crippen LogP contribution in [0.15, 0.2) is 46.9 Å². The highest BCUT2D eigenvalue weighted by Crippen LogP contribution is 2.23. The molecule has 2 amide bonds. The molecule has 2 aromatic carbocycles. The SMILES string of the molecule is Cc1cc(NC(=O)NCCCOc2ccccc2Cl)ccc1Br. The number of hydrogen-bond donors (Lipinski definition) is 2. The molecule has 0 heterocycles. The first-order chi connectivity index (χ1) is 11.1. The van der Waals surface area contributed by atoms with Gasteiger partial charge in [0.1, 0.15) is 5.75 Å². The van der Waals surface area contributed by atoms with Gasteiger partial charge in [0, 0.05) is 16.7 Å². The van der Waals surface area contributed by atoms with Crippen LogP contribution in [0.25, 0.3) is 0 Å². The van der Waals surface area contributed by atoms with Crippen LogP contribution < -0.4 is 15.4 Å². The van der Waals surface area contributed by atoms with Gasteiger partial charge in [-0.2, -0.15) is 0 Å². The first kappa shape index (κ1) is 17.6. The Morgan fingerprint density at radius 3 is 2.78 bits per heavy atom. The molecule has 0 aliphatic rings. The number of nitrogens with one attached hydrogen (secondary N) is 2. The molecule has 0 bridgehead atoms. The summed E-state index contributed by atoms with van der Waals surface area (Å²) >= 11 is 9.42. The molecule has 0 aliphatic carbocycles. The van der Waals surface area contributed by atoms with Crippen molar-refractivity contribution >= 4 is 39.2 Å². The maximum Gasteiger partial charge on any atom is 0.319 e. The van der Waals surface area contributed by atoms with Crippen molar-refractivity contribution in [1.82, 2.24) is 5.32 Å². The average Bonchev–Trinajstić information content (AvgIpc) is 2.52. The number of ether oxygens (including phenoxy) is 1. The molecular weight excluding hydrogens is 380 g/mol. The van der Waals surface area contributed by atoms with E-state index in [-0.39, 0.29) is 6.03 Å². The number of anilines is 1. The van der Waals surface area contributed by atoms with Crippen molar-refractivity contribution in [2.75, 3.05) is 18.5 Å². The first-order valence-corrected chi connectivity index (χ1v) is 8.41. The Bertz CT molecular complexity index is 679. The fourth-order valence-corrected chi connectivity index (χ4v) is 2.35. The molecule has 0 saturated heterocycles. The van der Waals surface area contributed by atoms with E-state index in [9.17, 15) is 4.79 Å². The first-order valence-electron chi connectivity index (χ1n) is 7.24. The standard InChI is InChI=1S/C17H18BrClN2O2/c1-12-11-13(7-8-14(12)18)21-17(22)20-9-4-10-23-16-6-3-2-5-15(16)19/h2-3,5-8,11H,4,9-10H2,1H3,(H2,20,21,22). The number of halogens is 2. The number of carbonyl (C=O) groups is 1. The zero-order valence-electron chi connectivity index (χ0n) is 12.7. The van der Waals surface area contributed by atoms with E-state index in [0.29, 0.717) is 30.3 Å². The van der Waals surface area contributed by atoms with Crippen LogP contribution in [0.2, 0.25) is 5.02 Å². The number of aryl methyl sites for hydroxylation is 1. The van der Waals surface area contributed by atoms with Crippen LogP contribution in [0.3, 0.4) is 0 Å². The predicted molar refractivity (Wildman–Crippen MR) is 97.5 cm³/mol. The van der Waals surface area contributed by atoms with Crippen molar-refractivity contribution in [2.24, 2.45) is 0 Å². The van der Waals surface area contributed by atoms with Crippen molar-refractivity contribution in [3.8, 4) is 5.75 Å². The van der Waals surface area contributed by atoms with Crippen molar-refractivity contribution in [3.05, 3.63) is 57.5 Å². The maximum atomic E-state index is 11.8. The molecule has 0 spiro atoms. The van der Waals surface area contributed by atoms with Crippen LogP contribution in [0.4, 0.5) is 10.5 Å². The molecule has 0 unspecified atom stereocenters. The largest absolute Gasteiger partial charge is 0.492 e. The molecule has 0 fully saturated rings. The van der Waals surface area contributed by atoms with Crippen molar-refractivity contribution in [2.45, 2.75) is 13.3 Å². The Morgan fingerprint density at radius 1 is 1.26 bits per heavy atom. The average molecular weight is 398 g/mol. The Kier molecular flexibility index (Phi) is 6.74. The van der Waals surface area contributed by atoms with Crippen LogP contribution >= 0.6 is 27.5 Å². The number of para-hydroxylation sites is 1. The third kappa shape index (κ3) is 5.77. The second-order valence-electron chi connectivity index (χ2n) is 4.98. The highest BCUT2D eigenvalue weighted by atomic mass is 79.9. The summed E-state index contributed by atoms with van der Waals surface area (Å²) in [6.07, 6.45) is 0.692. The second kappa shape index (κ2) is 8.79. The number of rotatable bonds is 6. The van der Waals surface area contributed by atoms with E-state index in [1.165, 1.54) is 0 Å². The summed E-state index contributed by atoms with van der Waals surface area (Å²) in [5.74, 6) is 0.656. The van der Waals surface area contributed by atoms with E-state index in [1.54, 1.807) is 6.07 Å². The molecule has 0 atom stereocenters. The summed E-state index contributed by atoms with van der Waals surface area (Å²) < 4.78 is 6.57. The van der Waals surface area contributed by atoms with Crippen molar-refractivity contribution < 1.29 is 9.53 Å². The van der Waals surface area contributed by atoms with Crippen LogP contribution in [-0.4, -0.2) is 19.2 Å². The fourth-order valence-electron chi connectivity index (χ4n) is 1.92. The lowest BCUT2D eigenvalue weighted by Gasteiger charge is -2.10. The summed E-state index contributed by atoms with van der Waals surface area (Å²) in [6.45, 7) is 2.98. The Hall–Kier alpha value is -1.72. The molecule has 0 aromatic heterocycles. The molecular formula is C17H18BrClN2O2. The molecule has 122 valence electrons.